The Balaban J connectivity index is 1.16. The van der Waals surface area contributed by atoms with Crippen LogP contribution in [0.4, 0.5) is 0 Å². The average molecular weight is 573 g/mol. The molecule has 5 heterocycles. The Morgan fingerprint density at radius 1 is 0.571 bits per heavy atom. The highest BCUT2D eigenvalue weighted by Gasteiger charge is 2.64. The van der Waals surface area contributed by atoms with Gasteiger partial charge in [-0.1, -0.05) is 36.4 Å². The van der Waals surface area contributed by atoms with Gasteiger partial charge >= 0.3 is 0 Å². The van der Waals surface area contributed by atoms with Crippen LogP contribution in [0.1, 0.15) is 29.5 Å². The molecule has 3 aromatic rings. The molecule has 220 valence electrons. The second kappa shape index (κ2) is 10.8. The molecule has 42 heavy (non-hydrogen) atoms. The van der Waals surface area contributed by atoms with Crippen LogP contribution in [-0.2, 0) is 34.7 Å². The van der Waals surface area contributed by atoms with Crippen LogP contribution in [0, 0.1) is 0 Å². The molecule has 0 amide bonds. The molecule has 0 spiro atoms. The molecule has 5 aliphatic rings. The van der Waals surface area contributed by atoms with Gasteiger partial charge in [-0.15, -0.1) is 0 Å². The summed E-state index contributed by atoms with van der Waals surface area (Å²) >= 11 is 0. The Labute approximate surface area is 245 Å². The van der Waals surface area contributed by atoms with Crippen molar-refractivity contribution < 1.29 is 37.9 Å². The highest BCUT2D eigenvalue weighted by molar-refractivity contribution is 5.52. The quantitative estimate of drug-likeness (QED) is 0.233. The van der Waals surface area contributed by atoms with E-state index in [9.17, 15) is 0 Å². The van der Waals surface area contributed by atoms with Gasteiger partial charge in [0.15, 0.2) is 0 Å². The zero-order valence-corrected chi connectivity index (χ0v) is 23.6. The van der Waals surface area contributed by atoms with Crippen molar-refractivity contribution in [2.24, 2.45) is 0 Å². The van der Waals surface area contributed by atoms with E-state index in [0.29, 0.717) is 26.4 Å². The minimum absolute atomic E-state index is 0.210. The van der Waals surface area contributed by atoms with Gasteiger partial charge in [-0.05, 0) is 65.9 Å². The van der Waals surface area contributed by atoms with Gasteiger partial charge in [-0.3, -0.25) is 0 Å². The minimum atomic E-state index is -0.547. The first-order valence-electron chi connectivity index (χ1n) is 15.0. The van der Waals surface area contributed by atoms with Gasteiger partial charge in [0.1, 0.15) is 61.0 Å². The summed E-state index contributed by atoms with van der Waals surface area (Å²) in [7, 11) is 0. The fraction of sp³-hybridized carbons (Fsp3) is 0.471. The van der Waals surface area contributed by atoms with Crippen LogP contribution in [0.5, 0.6) is 17.2 Å². The summed E-state index contributed by atoms with van der Waals surface area (Å²) in [4.78, 5) is 0. The lowest BCUT2D eigenvalue weighted by molar-refractivity contribution is 0.190. The molecule has 8 nitrogen and oxygen atoms in total. The van der Waals surface area contributed by atoms with Crippen LogP contribution in [0.3, 0.4) is 0 Å². The van der Waals surface area contributed by atoms with E-state index in [1.165, 1.54) is 11.1 Å². The number of rotatable bonds is 16. The van der Waals surface area contributed by atoms with Gasteiger partial charge in [0.05, 0.1) is 44.6 Å². The predicted octanol–water partition coefficient (Wildman–Crippen LogP) is 4.41. The highest BCUT2D eigenvalue weighted by Crippen LogP contribution is 2.60. The molecule has 3 aromatic carbocycles. The van der Waals surface area contributed by atoms with E-state index in [-0.39, 0.29) is 24.4 Å². The number of ether oxygens (including phenoxy) is 8. The summed E-state index contributed by atoms with van der Waals surface area (Å²) in [6, 6.07) is 25.5. The standard InChI is InChI=1S/C34H36O8/c1-7-26(35-16-30-19-39-30)8-2-23(1)33(14-13-29-15-38-29,24-3-9-27(10-4-24)36-17-31-20-40-31)34(22-42-34)25-5-11-28(12-6-25)37-18-32-21-41-32/h1-12,29-32H,13-22H2. The third kappa shape index (κ3) is 5.62. The third-order valence-corrected chi connectivity index (χ3v) is 8.90. The Bertz CT molecular complexity index is 1290. The van der Waals surface area contributed by atoms with Crippen molar-refractivity contribution in [1.29, 1.82) is 0 Å². The van der Waals surface area contributed by atoms with E-state index < -0.39 is 11.0 Å². The van der Waals surface area contributed by atoms with Crippen molar-refractivity contribution in [1.82, 2.24) is 0 Å². The normalized spacial score (nSPS) is 29.7. The largest absolute Gasteiger partial charge is 0.491 e. The second-order valence-corrected chi connectivity index (χ2v) is 11.9. The Morgan fingerprint density at radius 2 is 0.952 bits per heavy atom. The fourth-order valence-corrected chi connectivity index (χ4v) is 6.02. The summed E-state index contributed by atoms with van der Waals surface area (Å²) < 4.78 is 46.2. The molecule has 8 heteroatoms. The van der Waals surface area contributed by atoms with Crippen molar-refractivity contribution in [2.75, 3.05) is 52.9 Å². The molecule has 5 aliphatic heterocycles. The Morgan fingerprint density at radius 3 is 1.31 bits per heavy atom. The first-order chi connectivity index (χ1) is 20.7. The average Bonchev–Trinajstić information content (AvgIpc) is 3.85. The van der Waals surface area contributed by atoms with Gasteiger partial charge < -0.3 is 37.9 Å². The smallest absolute Gasteiger partial charge is 0.130 e. The molecule has 5 unspecified atom stereocenters. The van der Waals surface area contributed by atoms with E-state index in [4.69, 9.17) is 37.9 Å². The van der Waals surface area contributed by atoms with Gasteiger partial charge in [0.25, 0.3) is 0 Å². The fourth-order valence-electron chi connectivity index (χ4n) is 6.02. The molecule has 0 aliphatic carbocycles. The SMILES string of the molecule is c1cc(C2(C(CCC3CO3)(c3ccc(OCC4CO4)cc3)c3ccc(OCC4CO4)cc3)CO2)ccc1OCC1CO1. The third-order valence-electron chi connectivity index (χ3n) is 8.90. The number of benzene rings is 3. The maximum atomic E-state index is 6.60. The van der Waals surface area contributed by atoms with Crippen molar-refractivity contribution in [3.8, 4) is 17.2 Å². The minimum Gasteiger partial charge on any atom is -0.491 e. The maximum absolute atomic E-state index is 6.60. The maximum Gasteiger partial charge on any atom is 0.130 e. The highest BCUT2D eigenvalue weighted by atomic mass is 16.6. The van der Waals surface area contributed by atoms with E-state index in [1.54, 1.807) is 0 Å². The van der Waals surface area contributed by atoms with Crippen LogP contribution in [0.2, 0.25) is 0 Å². The molecule has 5 fully saturated rings. The summed E-state index contributed by atoms with van der Waals surface area (Å²) in [5.41, 5.74) is 2.48. The van der Waals surface area contributed by atoms with Crippen molar-refractivity contribution >= 4 is 0 Å². The number of epoxide rings is 5. The lowest BCUT2D eigenvalue weighted by atomic mass is 9.61. The van der Waals surface area contributed by atoms with E-state index in [0.717, 1.165) is 62.1 Å². The molecule has 0 aromatic heterocycles. The predicted molar refractivity (Wildman–Crippen MR) is 152 cm³/mol. The molecular weight excluding hydrogens is 536 g/mol. The zero-order chi connectivity index (χ0) is 28.0. The van der Waals surface area contributed by atoms with Crippen molar-refractivity contribution in [3.63, 3.8) is 0 Å². The molecular formula is C34H36O8. The molecule has 0 N–H and O–H groups in total. The van der Waals surface area contributed by atoms with E-state index in [1.807, 2.05) is 12.1 Å². The first-order valence-corrected chi connectivity index (χ1v) is 15.0. The second-order valence-electron chi connectivity index (χ2n) is 11.9. The van der Waals surface area contributed by atoms with Crippen LogP contribution < -0.4 is 14.2 Å². The van der Waals surface area contributed by atoms with Crippen molar-refractivity contribution in [3.05, 3.63) is 89.5 Å². The van der Waals surface area contributed by atoms with Gasteiger partial charge in [0, 0.05) is 0 Å². The molecule has 5 atom stereocenters. The Kier molecular flexibility index (Phi) is 6.84. The Hall–Kier alpha value is -3.14. The first kappa shape index (κ1) is 26.5. The molecule has 0 bridgehead atoms. The summed E-state index contributed by atoms with van der Waals surface area (Å²) in [5, 5.41) is 0. The van der Waals surface area contributed by atoms with Gasteiger partial charge in [0.2, 0.25) is 0 Å². The van der Waals surface area contributed by atoms with Gasteiger partial charge in [-0.2, -0.15) is 0 Å². The lowest BCUT2D eigenvalue weighted by Crippen LogP contribution is -2.42. The molecule has 8 rings (SSSR count). The van der Waals surface area contributed by atoms with Crippen molar-refractivity contribution in [2.45, 2.75) is 48.3 Å². The van der Waals surface area contributed by atoms with Crippen LogP contribution in [-0.4, -0.2) is 77.3 Å². The van der Waals surface area contributed by atoms with E-state index in [2.05, 4.69) is 60.7 Å². The topological polar surface area (TPSA) is 90.3 Å². The van der Waals surface area contributed by atoms with E-state index >= 15 is 0 Å². The molecule has 0 radical (unpaired) electrons. The number of hydrogen-bond donors (Lipinski definition) is 0. The summed E-state index contributed by atoms with van der Waals surface area (Å²) in [6.45, 7) is 5.48. The molecule has 0 saturated carbocycles. The zero-order valence-electron chi connectivity index (χ0n) is 23.6. The monoisotopic (exact) mass is 572 g/mol. The molecule has 5 saturated heterocycles. The van der Waals surface area contributed by atoms with Crippen LogP contribution in [0.25, 0.3) is 0 Å². The van der Waals surface area contributed by atoms with Crippen LogP contribution >= 0.6 is 0 Å². The van der Waals surface area contributed by atoms with Gasteiger partial charge in [-0.25, -0.2) is 0 Å². The summed E-state index contributed by atoms with van der Waals surface area (Å²) in [6.07, 6.45) is 2.71. The summed E-state index contributed by atoms with van der Waals surface area (Å²) in [5.74, 6) is 2.52. The van der Waals surface area contributed by atoms with Crippen LogP contribution in [0.15, 0.2) is 72.8 Å². The number of hydrogen-bond acceptors (Lipinski definition) is 8. The lowest BCUT2D eigenvalue weighted by Gasteiger charge is -2.41.